The highest BCUT2D eigenvalue weighted by atomic mass is 16.5. The quantitative estimate of drug-likeness (QED) is 0.791. The fourth-order valence-electron chi connectivity index (χ4n) is 3.33. The van der Waals surface area contributed by atoms with E-state index in [0.717, 1.165) is 25.7 Å². The van der Waals surface area contributed by atoms with Crippen LogP contribution in [-0.4, -0.2) is 43.4 Å². The van der Waals surface area contributed by atoms with Crippen LogP contribution in [0.25, 0.3) is 0 Å². The molecule has 0 aliphatic heterocycles. The summed E-state index contributed by atoms with van der Waals surface area (Å²) in [6.45, 7) is 1.99. The third-order valence-electron chi connectivity index (χ3n) is 4.85. The lowest BCUT2D eigenvalue weighted by Gasteiger charge is -2.22. The molecule has 2 amide bonds. The molecule has 2 rings (SSSR count). The molecular formula is C20H28N2O4. The maximum Gasteiger partial charge on any atom is 0.310 e. The lowest BCUT2D eigenvalue weighted by molar-refractivity contribution is -0.145. The van der Waals surface area contributed by atoms with E-state index in [9.17, 15) is 14.4 Å². The van der Waals surface area contributed by atoms with Crippen molar-refractivity contribution >= 4 is 23.5 Å². The van der Waals surface area contributed by atoms with Crippen molar-refractivity contribution in [2.75, 3.05) is 26.0 Å². The van der Waals surface area contributed by atoms with E-state index in [1.807, 2.05) is 0 Å². The summed E-state index contributed by atoms with van der Waals surface area (Å²) in [7, 11) is 2.98. The van der Waals surface area contributed by atoms with Crippen LogP contribution in [0.5, 0.6) is 0 Å². The van der Waals surface area contributed by atoms with Crippen LogP contribution in [-0.2, 0) is 14.3 Å². The number of nitrogens with zero attached hydrogens (tertiary/aromatic N) is 1. The molecule has 1 aromatic carbocycles. The summed E-state index contributed by atoms with van der Waals surface area (Å²) in [6.07, 6.45) is 5.25. The van der Waals surface area contributed by atoms with Gasteiger partial charge >= 0.3 is 5.97 Å². The number of amides is 2. The van der Waals surface area contributed by atoms with Crippen LogP contribution in [0.1, 0.15) is 49.4 Å². The van der Waals surface area contributed by atoms with E-state index < -0.39 is 5.92 Å². The summed E-state index contributed by atoms with van der Waals surface area (Å²) in [6, 6.07) is 6.93. The van der Waals surface area contributed by atoms with Crippen molar-refractivity contribution in [2.24, 2.45) is 11.8 Å². The molecule has 26 heavy (non-hydrogen) atoms. The SMILES string of the molecule is COC(=O)C(C)CN(C)C(=O)c1cccc(NC(=O)C2CCCCC2)c1. The highest BCUT2D eigenvalue weighted by molar-refractivity contribution is 5.97. The van der Waals surface area contributed by atoms with Crippen LogP contribution in [0, 0.1) is 11.8 Å². The van der Waals surface area contributed by atoms with Gasteiger partial charge in [-0.1, -0.05) is 32.3 Å². The molecule has 1 unspecified atom stereocenters. The molecule has 0 heterocycles. The minimum Gasteiger partial charge on any atom is -0.469 e. The maximum atomic E-state index is 12.6. The first-order valence-corrected chi connectivity index (χ1v) is 9.16. The third kappa shape index (κ3) is 5.31. The van der Waals surface area contributed by atoms with Crippen molar-refractivity contribution in [3.8, 4) is 0 Å². The fraction of sp³-hybridized carbons (Fsp3) is 0.550. The Morgan fingerprint density at radius 1 is 1.23 bits per heavy atom. The number of ether oxygens (including phenoxy) is 1. The minimum absolute atomic E-state index is 0.0296. The predicted molar refractivity (Wildman–Crippen MR) is 99.8 cm³/mol. The van der Waals surface area contributed by atoms with Gasteiger partial charge in [-0.3, -0.25) is 14.4 Å². The molecule has 0 aromatic heterocycles. The van der Waals surface area contributed by atoms with Crippen molar-refractivity contribution in [3.63, 3.8) is 0 Å². The average Bonchev–Trinajstić information content (AvgIpc) is 2.67. The number of rotatable bonds is 6. The molecule has 1 N–H and O–H groups in total. The van der Waals surface area contributed by atoms with Gasteiger partial charge in [0.1, 0.15) is 0 Å². The summed E-state index contributed by atoms with van der Waals surface area (Å²) in [5, 5.41) is 2.93. The van der Waals surface area contributed by atoms with Gasteiger partial charge in [-0.25, -0.2) is 0 Å². The number of benzene rings is 1. The second-order valence-corrected chi connectivity index (χ2v) is 7.01. The van der Waals surface area contributed by atoms with E-state index in [-0.39, 0.29) is 30.2 Å². The van der Waals surface area contributed by atoms with Gasteiger partial charge < -0.3 is 15.0 Å². The van der Waals surface area contributed by atoms with Crippen LogP contribution in [0.2, 0.25) is 0 Å². The number of anilines is 1. The number of methoxy groups -OCH3 is 1. The number of esters is 1. The molecule has 0 spiro atoms. The lowest BCUT2D eigenvalue weighted by Crippen LogP contribution is -2.34. The van der Waals surface area contributed by atoms with Crippen LogP contribution in [0.3, 0.4) is 0 Å². The summed E-state index contributed by atoms with van der Waals surface area (Å²) >= 11 is 0. The third-order valence-corrected chi connectivity index (χ3v) is 4.85. The molecular weight excluding hydrogens is 332 g/mol. The Bertz CT molecular complexity index is 653. The Morgan fingerprint density at radius 2 is 1.92 bits per heavy atom. The number of carbonyl (C=O) groups excluding carboxylic acids is 3. The predicted octanol–water partition coefficient (Wildman–Crippen LogP) is 3.09. The topological polar surface area (TPSA) is 75.7 Å². The van der Waals surface area contributed by atoms with Gasteiger partial charge in [0.05, 0.1) is 13.0 Å². The largest absolute Gasteiger partial charge is 0.469 e. The van der Waals surface area contributed by atoms with Gasteiger partial charge in [0.25, 0.3) is 5.91 Å². The van der Waals surface area contributed by atoms with Gasteiger partial charge in [0.2, 0.25) is 5.91 Å². The zero-order valence-corrected chi connectivity index (χ0v) is 15.8. The molecule has 1 aliphatic carbocycles. The highest BCUT2D eigenvalue weighted by Crippen LogP contribution is 2.25. The van der Waals surface area contributed by atoms with Crippen LogP contribution >= 0.6 is 0 Å². The summed E-state index contributed by atoms with van der Waals surface area (Å²) in [4.78, 5) is 38.0. The molecule has 0 radical (unpaired) electrons. The maximum absolute atomic E-state index is 12.6. The zero-order chi connectivity index (χ0) is 19.1. The molecule has 1 atom stereocenters. The van der Waals surface area contributed by atoms with E-state index in [1.165, 1.54) is 18.4 Å². The van der Waals surface area contributed by atoms with Crippen molar-refractivity contribution in [3.05, 3.63) is 29.8 Å². The Hall–Kier alpha value is -2.37. The summed E-state index contributed by atoms with van der Waals surface area (Å²) in [5.74, 6) is -0.857. The van der Waals surface area contributed by atoms with Crippen molar-refractivity contribution in [2.45, 2.75) is 39.0 Å². The van der Waals surface area contributed by atoms with E-state index in [2.05, 4.69) is 5.32 Å². The molecule has 1 saturated carbocycles. The monoisotopic (exact) mass is 360 g/mol. The smallest absolute Gasteiger partial charge is 0.310 e. The van der Waals surface area contributed by atoms with Crippen LogP contribution in [0.15, 0.2) is 24.3 Å². The normalized spacial score (nSPS) is 15.8. The average molecular weight is 360 g/mol. The Kier molecular flexibility index (Phi) is 7.18. The first-order chi connectivity index (χ1) is 12.4. The molecule has 1 aromatic rings. The van der Waals surface area contributed by atoms with Crippen molar-refractivity contribution in [1.29, 1.82) is 0 Å². The molecule has 6 heteroatoms. The van der Waals surface area contributed by atoms with Crippen molar-refractivity contribution in [1.82, 2.24) is 4.90 Å². The number of hydrogen-bond acceptors (Lipinski definition) is 4. The van der Waals surface area contributed by atoms with Gasteiger partial charge in [0, 0.05) is 30.8 Å². The Morgan fingerprint density at radius 3 is 2.58 bits per heavy atom. The van der Waals surface area contributed by atoms with E-state index in [1.54, 1.807) is 38.2 Å². The second kappa shape index (κ2) is 9.36. The molecule has 1 aliphatic rings. The summed E-state index contributed by atoms with van der Waals surface area (Å²) in [5.41, 5.74) is 1.10. The fourth-order valence-corrected chi connectivity index (χ4v) is 3.33. The van der Waals surface area contributed by atoms with Gasteiger partial charge in [0.15, 0.2) is 0 Å². The van der Waals surface area contributed by atoms with Crippen molar-refractivity contribution < 1.29 is 19.1 Å². The molecule has 6 nitrogen and oxygen atoms in total. The minimum atomic E-state index is -0.400. The second-order valence-electron chi connectivity index (χ2n) is 7.01. The van der Waals surface area contributed by atoms with Gasteiger partial charge in [-0.2, -0.15) is 0 Å². The first kappa shape index (κ1) is 19.9. The molecule has 142 valence electrons. The number of hydrogen-bond donors (Lipinski definition) is 1. The zero-order valence-electron chi connectivity index (χ0n) is 15.8. The number of carbonyl (C=O) groups is 3. The summed E-state index contributed by atoms with van der Waals surface area (Å²) < 4.78 is 4.69. The molecule has 1 fully saturated rings. The molecule has 0 bridgehead atoms. The van der Waals surface area contributed by atoms with Crippen LogP contribution in [0.4, 0.5) is 5.69 Å². The first-order valence-electron chi connectivity index (χ1n) is 9.16. The van der Waals surface area contributed by atoms with Gasteiger partial charge in [-0.05, 0) is 31.0 Å². The van der Waals surface area contributed by atoms with E-state index in [4.69, 9.17) is 4.74 Å². The Balaban J connectivity index is 1.99. The van der Waals surface area contributed by atoms with Gasteiger partial charge in [-0.15, -0.1) is 0 Å². The van der Waals surface area contributed by atoms with Crippen LogP contribution < -0.4 is 5.32 Å². The lowest BCUT2D eigenvalue weighted by atomic mass is 9.88. The molecule has 0 saturated heterocycles. The number of nitrogens with one attached hydrogen (secondary N) is 1. The highest BCUT2D eigenvalue weighted by Gasteiger charge is 2.22. The van der Waals surface area contributed by atoms with E-state index >= 15 is 0 Å². The Labute approximate surface area is 154 Å². The standard InChI is InChI=1S/C20H28N2O4/c1-14(20(25)26-3)13-22(2)19(24)16-10-7-11-17(12-16)21-18(23)15-8-5-4-6-9-15/h7,10-12,14-15H,4-6,8-9,13H2,1-3H3,(H,21,23). The van der Waals surface area contributed by atoms with E-state index in [0.29, 0.717) is 11.3 Å².